The van der Waals surface area contributed by atoms with Crippen molar-refractivity contribution in [3.8, 4) is 16.3 Å². The minimum Gasteiger partial charge on any atom is -0.497 e. The minimum absolute atomic E-state index is 0.263. The molecule has 150 valence electrons. The van der Waals surface area contributed by atoms with Crippen molar-refractivity contribution in [1.29, 1.82) is 0 Å². The third kappa shape index (κ3) is 4.64. The summed E-state index contributed by atoms with van der Waals surface area (Å²) < 4.78 is 6.27. The van der Waals surface area contributed by atoms with E-state index in [1.165, 1.54) is 4.70 Å². The van der Waals surface area contributed by atoms with Gasteiger partial charge in [-0.3, -0.25) is 10.1 Å². The van der Waals surface area contributed by atoms with Crippen molar-refractivity contribution in [1.82, 2.24) is 15.6 Å². The van der Waals surface area contributed by atoms with Crippen molar-refractivity contribution in [2.24, 2.45) is 0 Å². The van der Waals surface area contributed by atoms with Crippen LogP contribution in [0, 0.1) is 0 Å². The average molecular weight is 434 g/mol. The van der Waals surface area contributed by atoms with Crippen molar-refractivity contribution < 1.29 is 9.53 Å². The third-order valence-electron chi connectivity index (χ3n) is 4.53. The van der Waals surface area contributed by atoms with Crippen LogP contribution in [0.1, 0.15) is 15.9 Å². The van der Waals surface area contributed by atoms with Gasteiger partial charge in [0.25, 0.3) is 5.91 Å². The number of nitrogens with one attached hydrogen (secondary N) is 2. The summed E-state index contributed by atoms with van der Waals surface area (Å²) in [6, 6.07) is 23.1. The molecule has 0 aliphatic carbocycles. The van der Waals surface area contributed by atoms with Gasteiger partial charge in [0, 0.05) is 17.7 Å². The topological polar surface area (TPSA) is 63.2 Å². The summed E-state index contributed by atoms with van der Waals surface area (Å²) >= 11 is 6.92. The van der Waals surface area contributed by atoms with Gasteiger partial charge in [-0.25, -0.2) is 4.98 Å². The predicted octanol–water partition coefficient (Wildman–Crippen LogP) is 4.78. The van der Waals surface area contributed by atoms with Crippen LogP contribution < -0.4 is 15.4 Å². The Kier molecular flexibility index (Phi) is 6.02. The number of nitrogens with zero attached hydrogens (tertiary/aromatic N) is 1. The number of hydrogen-bond acceptors (Lipinski definition) is 5. The highest BCUT2D eigenvalue weighted by Crippen LogP contribution is 2.29. The maximum absolute atomic E-state index is 12.3. The number of benzene rings is 3. The van der Waals surface area contributed by atoms with Crippen LogP contribution in [-0.4, -0.2) is 23.1 Å². The molecular weight excluding hydrogens is 414 g/mol. The summed E-state index contributed by atoms with van der Waals surface area (Å²) in [5.74, 6) is 0.433. The first-order valence-corrected chi connectivity index (χ1v) is 10.5. The molecule has 0 radical (unpaired) electrons. The number of methoxy groups -OCH3 is 1. The molecule has 1 amide bonds. The molecule has 0 atom stereocenters. The molecule has 0 saturated heterocycles. The Bertz CT molecular complexity index is 1150. The number of fused-ring (bicyclic) bond motifs is 1. The van der Waals surface area contributed by atoms with Crippen LogP contribution in [0.3, 0.4) is 0 Å². The highest BCUT2D eigenvalue weighted by Gasteiger charge is 2.09. The summed E-state index contributed by atoms with van der Waals surface area (Å²) in [7, 11) is 1.58. The van der Waals surface area contributed by atoms with E-state index < -0.39 is 0 Å². The highest BCUT2D eigenvalue weighted by molar-refractivity contribution is 7.80. The van der Waals surface area contributed by atoms with Crippen LogP contribution in [0.25, 0.3) is 20.8 Å². The second kappa shape index (κ2) is 9.02. The molecule has 4 aromatic rings. The molecule has 1 heterocycles. The fourth-order valence-corrected chi connectivity index (χ4v) is 4.04. The predicted molar refractivity (Wildman–Crippen MR) is 125 cm³/mol. The molecule has 30 heavy (non-hydrogen) atoms. The van der Waals surface area contributed by atoms with Crippen molar-refractivity contribution in [3.63, 3.8) is 0 Å². The van der Waals surface area contributed by atoms with Gasteiger partial charge in [0.2, 0.25) is 0 Å². The highest BCUT2D eigenvalue weighted by atomic mass is 32.1. The van der Waals surface area contributed by atoms with E-state index in [2.05, 4.69) is 21.7 Å². The normalized spacial score (nSPS) is 10.6. The van der Waals surface area contributed by atoms with Gasteiger partial charge in [-0.15, -0.1) is 11.3 Å². The number of aromatic nitrogens is 1. The minimum atomic E-state index is -0.263. The molecule has 4 rings (SSSR count). The summed E-state index contributed by atoms with van der Waals surface area (Å²) in [6.07, 6.45) is 0. The number of rotatable bonds is 5. The second-order valence-corrected chi connectivity index (χ2v) is 7.99. The number of amides is 1. The molecule has 0 unspecified atom stereocenters. The third-order valence-corrected chi connectivity index (χ3v) is 5.86. The number of ether oxygens (including phenoxy) is 1. The molecule has 0 spiro atoms. The summed E-state index contributed by atoms with van der Waals surface area (Å²) in [5, 5.41) is 7.03. The Morgan fingerprint density at radius 2 is 1.77 bits per heavy atom. The van der Waals surface area contributed by atoms with E-state index in [9.17, 15) is 4.79 Å². The first-order valence-electron chi connectivity index (χ1n) is 9.30. The number of thiocarbonyl (C=S) groups is 1. The average Bonchev–Trinajstić information content (AvgIpc) is 3.22. The second-order valence-electron chi connectivity index (χ2n) is 6.55. The zero-order chi connectivity index (χ0) is 20.9. The summed E-state index contributed by atoms with van der Waals surface area (Å²) in [6.45, 7) is 0.516. The molecule has 3 aromatic carbocycles. The lowest BCUT2D eigenvalue weighted by atomic mass is 10.1. The van der Waals surface area contributed by atoms with Gasteiger partial charge in [-0.05, 0) is 54.2 Å². The first-order chi connectivity index (χ1) is 14.6. The number of para-hydroxylation sites is 1. The van der Waals surface area contributed by atoms with E-state index in [1.807, 2.05) is 42.5 Å². The number of thiazole rings is 1. The molecular formula is C23H19N3O2S2. The SMILES string of the molecule is COc1ccc(C(=O)NC(=S)NCc2ccc(-c3nc4ccccc4s3)cc2)cc1. The first kappa shape index (κ1) is 20.0. The van der Waals surface area contributed by atoms with E-state index in [4.69, 9.17) is 17.0 Å². The Morgan fingerprint density at radius 1 is 1.03 bits per heavy atom. The van der Waals surface area contributed by atoms with E-state index in [-0.39, 0.29) is 11.0 Å². The monoisotopic (exact) mass is 433 g/mol. The van der Waals surface area contributed by atoms with Gasteiger partial charge in [0.1, 0.15) is 10.8 Å². The van der Waals surface area contributed by atoms with Gasteiger partial charge in [0.05, 0.1) is 17.3 Å². The molecule has 0 saturated carbocycles. The maximum atomic E-state index is 12.3. The summed E-state index contributed by atoms with van der Waals surface area (Å²) in [5.41, 5.74) is 3.66. The van der Waals surface area contributed by atoms with E-state index in [0.717, 1.165) is 21.7 Å². The van der Waals surface area contributed by atoms with Crippen LogP contribution in [-0.2, 0) is 6.54 Å². The van der Waals surface area contributed by atoms with E-state index >= 15 is 0 Å². The smallest absolute Gasteiger partial charge is 0.257 e. The lowest BCUT2D eigenvalue weighted by Crippen LogP contribution is -2.38. The maximum Gasteiger partial charge on any atom is 0.257 e. The molecule has 0 aliphatic rings. The van der Waals surface area contributed by atoms with Gasteiger partial charge in [0.15, 0.2) is 5.11 Å². The van der Waals surface area contributed by atoms with Crippen LogP contribution >= 0.6 is 23.6 Å². The molecule has 7 heteroatoms. The van der Waals surface area contributed by atoms with Crippen LogP contribution in [0.4, 0.5) is 0 Å². The molecule has 0 aliphatic heterocycles. The van der Waals surface area contributed by atoms with Crippen molar-refractivity contribution in [2.45, 2.75) is 6.54 Å². The molecule has 2 N–H and O–H groups in total. The van der Waals surface area contributed by atoms with E-state index in [0.29, 0.717) is 17.9 Å². The fourth-order valence-electron chi connectivity index (χ4n) is 2.91. The van der Waals surface area contributed by atoms with Gasteiger partial charge >= 0.3 is 0 Å². The van der Waals surface area contributed by atoms with Crippen LogP contribution in [0.15, 0.2) is 72.8 Å². The fraction of sp³-hybridized carbons (Fsp3) is 0.0870. The number of carbonyl (C=O) groups excluding carboxylic acids is 1. The number of carbonyl (C=O) groups is 1. The largest absolute Gasteiger partial charge is 0.497 e. The van der Waals surface area contributed by atoms with Gasteiger partial charge in [-0.1, -0.05) is 36.4 Å². The Labute approximate surface area is 183 Å². The zero-order valence-corrected chi connectivity index (χ0v) is 17.8. The molecule has 0 fully saturated rings. The van der Waals surface area contributed by atoms with Crippen LogP contribution in [0.5, 0.6) is 5.75 Å². The Morgan fingerprint density at radius 3 is 2.47 bits per heavy atom. The lowest BCUT2D eigenvalue weighted by Gasteiger charge is -2.10. The van der Waals surface area contributed by atoms with Crippen molar-refractivity contribution in [2.75, 3.05) is 7.11 Å². The van der Waals surface area contributed by atoms with Crippen LogP contribution in [0.2, 0.25) is 0 Å². The quantitative estimate of drug-likeness (QED) is 0.444. The Balaban J connectivity index is 1.33. The van der Waals surface area contributed by atoms with E-state index in [1.54, 1.807) is 42.7 Å². The standard InChI is InChI=1S/C23H19N3O2S2/c1-28-18-12-10-16(11-13-18)21(27)26-23(29)24-14-15-6-8-17(9-7-15)22-25-19-4-2-3-5-20(19)30-22/h2-13H,14H2,1H3,(H2,24,26,27,29). The molecule has 1 aromatic heterocycles. The lowest BCUT2D eigenvalue weighted by molar-refractivity contribution is 0.0976. The van der Waals surface area contributed by atoms with Gasteiger partial charge in [-0.2, -0.15) is 0 Å². The van der Waals surface area contributed by atoms with Gasteiger partial charge < -0.3 is 10.1 Å². The van der Waals surface area contributed by atoms with Crippen molar-refractivity contribution >= 4 is 44.8 Å². The summed E-state index contributed by atoms with van der Waals surface area (Å²) in [4.78, 5) is 16.9. The number of hydrogen-bond donors (Lipinski definition) is 2. The molecule has 5 nitrogen and oxygen atoms in total. The molecule has 0 bridgehead atoms. The van der Waals surface area contributed by atoms with Crippen molar-refractivity contribution in [3.05, 3.63) is 83.9 Å². The zero-order valence-electron chi connectivity index (χ0n) is 16.2. The Hall–Kier alpha value is -3.29.